The molecule has 2 N–H and O–H groups in total. The van der Waals surface area contributed by atoms with Gasteiger partial charge in [0.1, 0.15) is 0 Å². The average molecular weight is 310 g/mol. The van der Waals surface area contributed by atoms with Crippen molar-refractivity contribution in [1.82, 2.24) is 10.1 Å². The Labute approximate surface area is 115 Å². The first-order valence-corrected chi connectivity index (χ1v) is 6.68. The van der Waals surface area contributed by atoms with Crippen molar-refractivity contribution >= 4 is 15.9 Å². The number of aromatic nitrogens is 2. The first-order valence-electron chi connectivity index (χ1n) is 5.89. The summed E-state index contributed by atoms with van der Waals surface area (Å²) in [5.74, 6) is 1.08. The lowest BCUT2D eigenvalue weighted by atomic mass is 10.1. The smallest absolute Gasteiger partial charge is 0.243 e. The Morgan fingerprint density at radius 3 is 2.50 bits per heavy atom. The van der Waals surface area contributed by atoms with Gasteiger partial charge >= 0.3 is 0 Å². The van der Waals surface area contributed by atoms with Crippen molar-refractivity contribution < 1.29 is 4.52 Å². The van der Waals surface area contributed by atoms with Crippen LogP contribution in [0.5, 0.6) is 0 Å². The summed E-state index contributed by atoms with van der Waals surface area (Å²) in [6.45, 7) is 6.07. The van der Waals surface area contributed by atoms with Gasteiger partial charge in [0, 0.05) is 10.0 Å². The van der Waals surface area contributed by atoms with Gasteiger partial charge in [0.25, 0.3) is 0 Å². The molecule has 2 aromatic rings. The van der Waals surface area contributed by atoms with Crippen LogP contribution in [0.1, 0.15) is 36.4 Å². The number of halogens is 1. The van der Waals surface area contributed by atoms with E-state index in [0.29, 0.717) is 11.7 Å². The van der Waals surface area contributed by atoms with Crippen LogP contribution >= 0.6 is 15.9 Å². The Morgan fingerprint density at radius 1 is 1.33 bits per heavy atom. The third-order valence-corrected chi connectivity index (χ3v) is 4.14. The minimum Gasteiger partial charge on any atom is -0.337 e. The summed E-state index contributed by atoms with van der Waals surface area (Å²) in [6, 6.07) is 3.87. The van der Waals surface area contributed by atoms with E-state index in [1.165, 1.54) is 0 Å². The van der Waals surface area contributed by atoms with Crippen molar-refractivity contribution in [2.75, 3.05) is 0 Å². The maximum atomic E-state index is 5.87. The largest absolute Gasteiger partial charge is 0.337 e. The summed E-state index contributed by atoms with van der Waals surface area (Å²) in [4.78, 5) is 4.35. The van der Waals surface area contributed by atoms with Gasteiger partial charge in [0.2, 0.25) is 11.7 Å². The van der Waals surface area contributed by atoms with Gasteiger partial charge in [-0.1, -0.05) is 28.0 Å². The maximum absolute atomic E-state index is 5.87. The van der Waals surface area contributed by atoms with Gasteiger partial charge in [0.05, 0.1) is 6.04 Å². The number of rotatable bonds is 3. The molecule has 0 aliphatic heterocycles. The molecule has 0 bridgehead atoms. The van der Waals surface area contributed by atoms with Crippen molar-refractivity contribution in [3.63, 3.8) is 0 Å². The quantitative estimate of drug-likeness (QED) is 0.942. The lowest BCUT2D eigenvalue weighted by Gasteiger charge is -2.04. The molecule has 0 spiro atoms. The molecule has 0 amide bonds. The summed E-state index contributed by atoms with van der Waals surface area (Å²) in [5, 5.41) is 3.99. The van der Waals surface area contributed by atoms with Crippen LogP contribution in [0.2, 0.25) is 0 Å². The number of nitrogens with two attached hydrogens (primary N) is 1. The van der Waals surface area contributed by atoms with Crippen molar-refractivity contribution in [2.24, 2.45) is 5.73 Å². The summed E-state index contributed by atoms with van der Waals surface area (Å²) in [7, 11) is 0. The zero-order valence-corrected chi connectivity index (χ0v) is 12.3. The van der Waals surface area contributed by atoms with E-state index < -0.39 is 0 Å². The molecule has 18 heavy (non-hydrogen) atoms. The van der Waals surface area contributed by atoms with Crippen molar-refractivity contribution in [1.29, 1.82) is 0 Å². The predicted molar refractivity (Wildman–Crippen MR) is 74.1 cm³/mol. The third kappa shape index (κ3) is 2.47. The van der Waals surface area contributed by atoms with E-state index in [2.05, 4.69) is 26.1 Å². The minimum atomic E-state index is -0.191. The van der Waals surface area contributed by atoms with Gasteiger partial charge in [-0.05, 0) is 43.5 Å². The highest BCUT2D eigenvalue weighted by Gasteiger charge is 2.15. The molecule has 0 unspecified atom stereocenters. The standard InChI is InChI=1S/C13H16BrN3O/c1-4-10(15)13-16-12(17-18-13)9-5-7(2)11(14)8(3)6-9/h5-6,10H,4,15H2,1-3H3/t10-/m1/s1. The van der Waals surface area contributed by atoms with E-state index in [9.17, 15) is 0 Å². The maximum Gasteiger partial charge on any atom is 0.243 e. The van der Waals surface area contributed by atoms with Crippen molar-refractivity contribution in [3.8, 4) is 11.4 Å². The summed E-state index contributed by atoms with van der Waals surface area (Å²) < 4.78 is 6.30. The van der Waals surface area contributed by atoms with Gasteiger partial charge in [-0.3, -0.25) is 0 Å². The average Bonchev–Trinajstić information content (AvgIpc) is 2.84. The zero-order valence-electron chi connectivity index (χ0n) is 10.7. The number of hydrogen-bond donors (Lipinski definition) is 1. The number of hydrogen-bond acceptors (Lipinski definition) is 4. The van der Waals surface area contributed by atoms with Crippen LogP contribution in [0, 0.1) is 13.8 Å². The van der Waals surface area contributed by atoms with E-state index in [4.69, 9.17) is 10.3 Å². The molecular weight excluding hydrogens is 294 g/mol. The molecule has 1 heterocycles. The molecule has 4 nitrogen and oxygen atoms in total. The zero-order chi connectivity index (χ0) is 13.3. The number of nitrogens with zero attached hydrogens (tertiary/aromatic N) is 2. The van der Waals surface area contributed by atoms with Crippen LogP contribution in [0.3, 0.4) is 0 Å². The van der Waals surface area contributed by atoms with Crippen LogP contribution in [-0.4, -0.2) is 10.1 Å². The molecule has 2 rings (SSSR count). The van der Waals surface area contributed by atoms with Crippen LogP contribution in [0.15, 0.2) is 21.1 Å². The second kappa shape index (κ2) is 5.20. The van der Waals surface area contributed by atoms with E-state index in [0.717, 1.165) is 27.6 Å². The summed E-state index contributed by atoms with van der Waals surface area (Å²) in [5.41, 5.74) is 9.11. The molecule has 0 radical (unpaired) electrons. The summed E-state index contributed by atoms with van der Waals surface area (Å²) >= 11 is 3.54. The Balaban J connectivity index is 2.40. The van der Waals surface area contributed by atoms with E-state index >= 15 is 0 Å². The Morgan fingerprint density at radius 2 is 1.94 bits per heavy atom. The fraction of sp³-hybridized carbons (Fsp3) is 0.385. The lowest BCUT2D eigenvalue weighted by molar-refractivity contribution is 0.352. The van der Waals surface area contributed by atoms with Gasteiger partial charge in [-0.25, -0.2) is 0 Å². The molecule has 0 saturated carbocycles. The molecule has 5 heteroatoms. The van der Waals surface area contributed by atoms with Crippen molar-refractivity contribution in [3.05, 3.63) is 33.6 Å². The first kappa shape index (κ1) is 13.2. The number of aryl methyl sites for hydroxylation is 2. The molecule has 1 aromatic heterocycles. The van der Waals surface area contributed by atoms with E-state index in [1.807, 2.05) is 32.9 Å². The molecule has 0 fully saturated rings. The van der Waals surface area contributed by atoms with Crippen LogP contribution in [-0.2, 0) is 0 Å². The van der Waals surface area contributed by atoms with Gasteiger partial charge in [-0.2, -0.15) is 4.98 Å². The predicted octanol–water partition coefficient (Wildman–Crippen LogP) is 3.53. The topological polar surface area (TPSA) is 64.9 Å². The fourth-order valence-corrected chi connectivity index (χ4v) is 1.98. The molecule has 96 valence electrons. The molecule has 0 saturated heterocycles. The highest BCUT2D eigenvalue weighted by atomic mass is 79.9. The lowest BCUT2D eigenvalue weighted by Crippen LogP contribution is -2.08. The Bertz CT molecular complexity index is 542. The second-order valence-corrected chi connectivity index (χ2v) is 5.19. The SMILES string of the molecule is CC[C@@H](N)c1nc(-c2cc(C)c(Br)c(C)c2)no1. The van der Waals surface area contributed by atoms with Crippen molar-refractivity contribution in [2.45, 2.75) is 33.2 Å². The highest BCUT2D eigenvalue weighted by molar-refractivity contribution is 9.10. The van der Waals surface area contributed by atoms with Gasteiger partial charge in [-0.15, -0.1) is 0 Å². The third-order valence-electron chi connectivity index (χ3n) is 2.89. The monoisotopic (exact) mass is 309 g/mol. The van der Waals surface area contributed by atoms with E-state index in [-0.39, 0.29) is 6.04 Å². The van der Waals surface area contributed by atoms with Gasteiger partial charge in [0.15, 0.2) is 0 Å². The molecule has 0 aliphatic rings. The molecular formula is C13H16BrN3O. The van der Waals surface area contributed by atoms with Gasteiger partial charge < -0.3 is 10.3 Å². The highest BCUT2D eigenvalue weighted by Crippen LogP contribution is 2.27. The number of benzene rings is 1. The Kier molecular flexibility index (Phi) is 3.82. The summed E-state index contributed by atoms with van der Waals surface area (Å²) in [6.07, 6.45) is 0.778. The first-order chi connectivity index (χ1) is 8.52. The minimum absolute atomic E-state index is 0.191. The van der Waals surface area contributed by atoms with Crippen LogP contribution in [0.4, 0.5) is 0 Å². The van der Waals surface area contributed by atoms with Crippen LogP contribution < -0.4 is 5.73 Å². The molecule has 1 aromatic carbocycles. The van der Waals surface area contributed by atoms with E-state index in [1.54, 1.807) is 0 Å². The molecule has 0 aliphatic carbocycles. The Hall–Kier alpha value is -1.20. The van der Waals surface area contributed by atoms with Crippen LogP contribution in [0.25, 0.3) is 11.4 Å². The normalized spacial score (nSPS) is 12.7. The fourth-order valence-electron chi connectivity index (χ4n) is 1.75. The molecule has 1 atom stereocenters. The second-order valence-electron chi connectivity index (χ2n) is 4.39.